The average Bonchev–Trinajstić information content (AvgIpc) is 4.20. The van der Waals surface area contributed by atoms with Crippen molar-refractivity contribution in [1.82, 2.24) is 30.7 Å². The van der Waals surface area contributed by atoms with E-state index in [9.17, 15) is 30.0 Å². The summed E-state index contributed by atoms with van der Waals surface area (Å²) in [4.78, 5) is 33.8. The van der Waals surface area contributed by atoms with Crippen LogP contribution in [0.1, 0.15) is 74.5 Å². The van der Waals surface area contributed by atoms with E-state index < -0.39 is 31.0 Å². The molecule has 1 unspecified atom stereocenters. The fraction of sp³-hybridized carbons (Fsp3) is 0.568. The zero-order chi connectivity index (χ0) is 41.9. The third-order valence-corrected chi connectivity index (χ3v) is 12.2. The zero-order valence-electron chi connectivity index (χ0n) is 33.9. The van der Waals surface area contributed by atoms with Gasteiger partial charge in [-0.15, -0.1) is 0 Å². The number of hydrogen-bond donors (Lipinski definition) is 8. The highest BCUT2D eigenvalue weighted by molar-refractivity contribution is 6.31. The first-order valence-electron chi connectivity index (χ1n) is 21.0. The van der Waals surface area contributed by atoms with Crippen LogP contribution in [0.3, 0.4) is 0 Å². The molecule has 2 heterocycles. The van der Waals surface area contributed by atoms with Crippen molar-refractivity contribution in [1.29, 1.82) is 0 Å². The molecule has 1 aromatic heterocycles. The van der Waals surface area contributed by atoms with Crippen LogP contribution in [-0.4, -0.2) is 142 Å². The molecule has 0 bridgehead atoms. The molecule has 15 heteroatoms. The lowest BCUT2D eigenvalue weighted by atomic mass is 9.93. The van der Waals surface area contributed by atoms with Crippen LogP contribution in [0.5, 0.6) is 5.75 Å². The number of para-hydroxylation sites is 1. The summed E-state index contributed by atoms with van der Waals surface area (Å²) >= 11 is 6.75. The summed E-state index contributed by atoms with van der Waals surface area (Å²) in [6, 6.07) is 16.6. The first-order valence-corrected chi connectivity index (χ1v) is 21.4. The molecule has 1 aliphatic heterocycles. The Balaban J connectivity index is 0.878. The smallest absolute Gasteiger partial charge is 0.234 e. The number of halogens is 1. The van der Waals surface area contributed by atoms with E-state index in [4.69, 9.17) is 21.4 Å². The lowest BCUT2D eigenvalue weighted by Crippen LogP contribution is -2.52. The molecule has 6 rings (SSSR count). The van der Waals surface area contributed by atoms with Crippen LogP contribution < -0.4 is 20.7 Å². The molecule has 2 aromatic carbocycles. The molecular weight excluding hydrogens is 776 g/mol. The molecule has 0 radical (unpaired) electrons. The molecule has 1 saturated heterocycles. The predicted molar refractivity (Wildman–Crippen MR) is 225 cm³/mol. The number of benzene rings is 2. The largest absolute Gasteiger partial charge is 0.490 e. The Morgan fingerprint density at radius 1 is 0.932 bits per heavy atom. The molecule has 3 fully saturated rings. The number of aromatic nitrogens is 1. The Kier molecular flexibility index (Phi) is 16.1. The van der Waals surface area contributed by atoms with Gasteiger partial charge in [0.1, 0.15) is 24.1 Å². The van der Waals surface area contributed by atoms with Crippen LogP contribution >= 0.6 is 11.6 Å². The van der Waals surface area contributed by atoms with Gasteiger partial charge in [0, 0.05) is 87.3 Å². The van der Waals surface area contributed by atoms with Crippen molar-refractivity contribution in [2.75, 3.05) is 59.0 Å². The summed E-state index contributed by atoms with van der Waals surface area (Å²) in [6.07, 6.45) is 3.91. The minimum Gasteiger partial charge on any atom is -0.490 e. The van der Waals surface area contributed by atoms with E-state index >= 15 is 0 Å². The van der Waals surface area contributed by atoms with Crippen molar-refractivity contribution >= 4 is 23.4 Å². The summed E-state index contributed by atoms with van der Waals surface area (Å²) in [6.45, 7) is 5.90. The number of carbonyl (C=O) groups excluding carboxylic acids is 2. The number of hydrogen-bond acceptors (Lipinski definition) is 12. The molecule has 2 aliphatic carbocycles. The van der Waals surface area contributed by atoms with Crippen LogP contribution in [0.15, 0.2) is 60.9 Å². The second-order valence-corrected chi connectivity index (χ2v) is 16.8. The second-order valence-electron chi connectivity index (χ2n) is 16.4. The Morgan fingerprint density at radius 2 is 1.66 bits per heavy atom. The van der Waals surface area contributed by atoms with Crippen LogP contribution in [-0.2, 0) is 21.7 Å². The molecule has 2 amide bonds. The van der Waals surface area contributed by atoms with Crippen LogP contribution in [0.4, 0.5) is 0 Å². The lowest BCUT2D eigenvalue weighted by molar-refractivity contribution is -0.127. The van der Waals surface area contributed by atoms with Gasteiger partial charge in [0.05, 0.1) is 25.4 Å². The van der Waals surface area contributed by atoms with Gasteiger partial charge in [-0.3, -0.25) is 24.4 Å². The normalized spacial score (nSPS) is 19.3. The molecule has 14 nitrogen and oxygen atoms in total. The van der Waals surface area contributed by atoms with E-state index in [2.05, 4.69) is 69.2 Å². The molecule has 0 spiro atoms. The number of pyridine rings is 1. The van der Waals surface area contributed by atoms with E-state index in [1.54, 1.807) is 0 Å². The molecular formula is C44H61ClN6O8. The summed E-state index contributed by atoms with van der Waals surface area (Å²) in [7, 11) is 0. The van der Waals surface area contributed by atoms with Gasteiger partial charge in [-0.1, -0.05) is 48.9 Å². The highest BCUT2D eigenvalue weighted by Gasteiger charge is 2.46. The van der Waals surface area contributed by atoms with Gasteiger partial charge in [0.2, 0.25) is 11.8 Å². The van der Waals surface area contributed by atoms with Crippen molar-refractivity contribution in [3.05, 3.63) is 82.6 Å². The summed E-state index contributed by atoms with van der Waals surface area (Å²) in [5.41, 5.74) is 5.50. The minimum atomic E-state index is -1.74. The monoisotopic (exact) mass is 836 g/mol. The van der Waals surface area contributed by atoms with E-state index in [-0.39, 0.29) is 36.4 Å². The van der Waals surface area contributed by atoms with Crippen molar-refractivity contribution in [3.8, 4) is 16.9 Å². The maximum absolute atomic E-state index is 12.7. The van der Waals surface area contributed by atoms with Gasteiger partial charge < -0.3 is 46.2 Å². The Labute approximate surface area is 351 Å². The molecule has 8 N–H and O–H groups in total. The molecule has 322 valence electrons. The Bertz CT molecular complexity index is 1840. The number of nitrogens with one attached hydrogen (secondary N) is 3. The number of nitrogens with zero attached hydrogens (tertiary/aromatic N) is 3. The molecule has 5 atom stereocenters. The summed E-state index contributed by atoms with van der Waals surface area (Å²) < 4.78 is 6.28. The second kappa shape index (κ2) is 21.2. The number of amides is 2. The SMILES string of the molecule is CC(CCCC(=O)NCCN1CCN(CC(=O)NC[C@H](O)[C@@H](O)[C@H](O)[C@H](O)CO)CC1)c1ccc(Cl)c(CNC2(c3cnccc3-c3ccccc3OC3CC3)CC2)c1. The first kappa shape index (κ1) is 44.8. The number of ether oxygens (including phenoxy) is 1. The van der Waals surface area contributed by atoms with Gasteiger partial charge in [0.15, 0.2) is 0 Å². The van der Waals surface area contributed by atoms with Crippen molar-refractivity contribution < 1.29 is 39.9 Å². The van der Waals surface area contributed by atoms with Crippen molar-refractivity contribution in [2.24, 2.45) is 0 Å². The quantitative estimate of drug-likeness (QED) is 0.0695. The Morgan fingerprint density at radius 3 is 2.39 bits per heavy atom. The van der Waals surface area contributed by atoms with E-state index in [1.165, 1.54) is 11.1 Å². The minimum absolute atomic E-state index is 0.0328. The van der Waals surface area contributed by atoms with Crippen molar-refractivity contribution in [2.45, 2.75) is 100 Å². The number of carbonyl (C=O) groups is 2. The number of aliphatic hydroxyl groups excluding tert-OH is 5. The lowest BCUT2D eigenvalue weighted by Gasteiger charge is -2.34. The standard InChI is InChI=1S/C44H61ClN6O8/c1-29(5-4-8-40(55)47-17-18-50-19-21-51(22-20-50)27-41(56)48-26-37(53)42(57)43(58)38(54)28-52)30-9-12-36(45)31(23-30)24-49-44(14-15-44)35-25-46-16-13-33(35)34-6-2-3-7-39(34)59-32-10-11-32/h2-3,6-7,9,12-13,16,23,25,29,32,37-38,42-43,49,52-54,57-58H,4-5,8,10-11,14-15,17-22,24,26-28H2,1H3,(H,47,55)(H,48,56)/t29?,37-,38+,42+,43+/m0/s1. The number of rotatable bonds is 23. The third kappa shape index (κ3) is 12.7. The first-order chi connectivity index (χ1) is 28.5. The fourth-order valence-corrected chi connectivity index (χ4v) is 7.83. The van der Waals surface area contributed by atoms with Gasteiger partial charge in [-0.25, -0.2) is 0 Å². The number of aliphatic hydroxyl groups is 5. The molecule has 3 aliphatic rings. The maximum Gasteiger partial charge on any atom is 0.234 e. The zero-order valence-corrected chi connectivity index (χ0v) is 34.7. The third-order valence-electron chi connectivity index (χ3n) is 11.8. The van der Waals surface area contributed by atoms with Crippen LogP contribution in [0.25, 0.3) is 11.1 Å². The van der Waals surface area contributed by atoms with Gasteiger partial charge >= 0.3 is 0 Å². The molecule has 2 saturated carbocycles. The fourth-order valence-electron chi connectivity index (χ4n) is 7.65. The Hall–Kier alpha value is -3.70. The van der Waals surface area contributed by atoms with Gasteiger partial charge in [0.25, 0.3) is 0 Å². The van der Waals surface area contributed by atoms with Crippen LogP contribution in [0, 0.1) is 0 Å². The van der Waals surface area contributed by atoms with E-state index in [0.29, 0.717) is 45.2 Å². The van der Waals surface area contributed by atoms with Crippen LogP contribution in [0.2, 0.25) is 5.02 Å². The molecule has 3 aromatic rings. The van der Waals surface area contributed by atoms with Gasteiger partial charge in [-0.2, -0.15) is 0 Å². The summed E-state index contributed by atoms with van der Waals surface area (Å²) in [5.74, 6) is 0.875. The highest BCUT2D eigenvalue weighted by Crippen LogP contribution is 2.50. The topological polar surface area (TPSA) is 200 Å². The summed E-state index contributed by atoms with van der Waals surface area (Å²) in [5, 5.41) is 58.2. The van der Waals surface area contributed by atoms with E-state index in [1.807, 2.05) is 29.4 Å². The predicted octanol–water partition coefficient (Wildman–Crippen LogP) is 2.28. The van der Waals surface area contributed by atoms with Crippen molar-refractivity contribution in [3.63, 3.8) is 0 Å². The molecule has 59 heavy (non-hydrogen) atoms. The maximum atomic E-state index is 12.7. The average molecular weight is 837 g/mol. The van der Waals surface area contributed by atoms with E-state index in [0.717, 1.165) is 79.1 Å². The number of piperazine rings is 1. The van der Waals surface area contributed by atoms with Gasteiger partial charge in [-0.05, 0) is 84.9 Å². The highest BCUT2D eigenvalue weighted by atomic mass is 35.5.